The van der Waals surface area contributed by atoms with Crippen LogP contribution >= 0.6 is 0 Å². The summed E-state index contributed by atoms with van der Waals surface area (Å²) in [5.74, 6) is 0. The molecule has 2 aromatic rings. The average Bonchev–Trinajstić information content (AvgIpc) is 2.53. The second kappa shape index (κ2) is 7.80. The van der Waals surface area contributed by atoms with Crippen molar-refractivity contribution in [1.82, 2.24) is 9.71 Å². The zero-order chi connectivity index (χ0) is 18.6. The molecule has 2 rings (SSSR count). The maximum atomic E-state index is 12.5. The predicted octanol–water partition coefficient (Wildman–Crippen LogP) is 3.58. The van der Waals surface area contributed by atoms with Crippen LogP contribution in [0, 0.1) is 0 Å². The van der Waals surface area contributed by atoms with E-state index in [1.165, 1.54) is 0 Å². The Kier molecular flexibility index (Phi) is 5.98. The topological polar surface area (TPSA) is 94.0 Å². The normalized spacial score (nSPS) is 14.0. The summed E-state index contributed by atoms with van der Waals surface area (Å²) in [6.07, 6.45) is 4.15. The summed E-state index contributed by atoms with van der Waals surface area (Å²) in [5.41, 5.74) is 15.7. The maximum absolute atomic E-state index is 12.5. The number of hydrogen-bond acceptors (Lipinski definition) is 4. The van der Waals surface area contributed by atoms with Gasteiger partial charge in [-0.15, -0.1) is 6.58 Å². The molecule has 0 aliphatic rings. The molecule has 0 bridgehead atoms. The number of nitrogens with one attached hydrogen (secondary N) is 1. The van der Waals surface area contributed by atoms with Gasteiger partial charge in [0.25, 0.3) is 0 Å². The highest BCUT2D eigenvalue weighted by Crippen LogP contribution is 2.29. The summed E-state index contributed by atoms with van der Waals surface area (Å²) in [6, 6.07) is 9.13. The number of hydrogen-bond donors (Lipinski definition) is 3. The number of rotatable bonds is 6. The molecule has 0 fully saturated rings. The van der Waals surface area contributed by atoms with E-state index in [4.69, 9.17) is 11.5 Å². The van der Waals surface area contributed by atoms with E-state index in [2.05, 4.69) is 16.3 Å². The van der Waals surface area contributed by atoms with Gasteiger partial charge in [-0.3, -0.25) is 4.98 Å². The summed E-state index contributed by atoms with van der Waals surface area (Å²) in [7, 11) is -1.21. The summed E-state index contributed by atoms with van der Waals surface area (Å²) in [6.45, 7) is 9.59. The molecule has 2 atom stereocenters. The standard InChI is InChI=1S/C19H26N4OS/c1-5-6-17(23-25(24)19(2,3)4)18-11-13(9-10-22-18)15-8-7-14(20)12-16(15)21/h5,7-12,17,23H,1,6,20-21H2,2-4H3/t17-,25?/m0/s1. The largest absolute Gasteiger partial charge is 0.399 e. The number of aromatic nitrogens is 1. The third-order valence-electron chi connectivity index (χ3n) is 3.73. The van der Waals surface area contributed by atoms with Crippen LogP contribution in [-0.2, 0) is 11.0 Å². The van der Waals surface area contributed by atoms with Crippen LogP contribution in [0.1, 0.15) is 38.9 Å². The number of nitrogens with two attached hydrogens (primary N) is 2. The number of nitrogens with zero attached hydrogens (tertiary/aromatic N) is 1. The first-order valence-corrected chi connectivity index (χ1v) is 9.27. The van der Waals surface area contributed by atoms with Gasteiger partial charge in [-0.2, -0.15) is 0 Å². The molecule has 0 spiro atoms. The highest BCUT2D eigenvalue weighted by atomic mass is 32.2. The first kappa shape index (κ1) is 19.1. The van der Waals surface area contributed by atoms with Crippen LogP contribution in [0.2, 0.25) is 0 Å². The third-order valence-corrected chi connectivity index (χ3v) is 5.34. The van der Waals surface area contributed by atoms with Gasteiger partial charge in [-0.25, -0.2) is 8.93 Å². The fourth-order valence-electron chi connectivity index (χ4n) is 2.35. The second-order valence-corrected chi connectivity index (χ2v) is 8.89. The second-order valence-electron chi connectivity index (χ2n) is 6.89. The Morgan fingerprint density at radius 3 is 2.60 bits per heavy atom. The van der Waals surface area contributed by atoms with E-state index in [0.717, 1.165) is 16.8 Å². The zero-order valence-electron chi connectivity index (χ0n) is 15.0. The molecule has 5 N–H and O–H groups in total. The fourth-order valence-corrected chi connectivity index (χ4v) is 3.18. The van der Waals surface area contributed by atoms with Crippen molar-refractivity contribution in [2.75, 3.05) is 11.5 Å². The van der Waals surface area contributed by atoms with Crippen LogP contribution in [0.25, 0.3) is 11.1 Å². The van der Waals surface area contributed by atoms with Crippen LogP contribution < -0.4 is 16.2 Å². The van der Waals surface area contributed by atoms with Crippen molar-refractivity contribution in [3.63, 3.8) is 0 Å². The smallest absolute Gasteiger partial charge is 0.0976 e. The minimum atomic E-state index is -1.21. The molecule has 5 nitrogen and oxygen atoms in total. The molecular weight excluding hydrogens is 332 g/mol. The number of nitrogen functional groups attached to an aromatic ring is 2. The Hall–Kier alpha value is -2.18. The molecule has 25 heavy (non-hydrogen) atoms. The molecule has 1 aromatic carbocycles. The Labute approximate surface area is 152 Å². The molecule has 0 radical (unpaired) electrons. The van der Waals surface area contributed by atoms with E-state index in [1.807, 2.05) is 45.0 Å². The third kappa shape index (κ3) is 4.90. The first-order chi connectivity index (χ1) is 11.7. The maximum Gasteiger partial charge on any atom is 0.0976 e. The lowest BCUT2D eigenvalue weighted by Gasteiger charge is -2.23. The highest BCUT2D eigenvalue weighted by molar-refractivity contribution is 7.84. The number of anilines is 2. The van der Waals surface area contributed by atoms with Crippen molar-refractivity contribution in [3.8, 4) is 11.1 Å². The SMILES string of the molecule is C=CC[C@H](NS(=O)C(C)(C)C)c1cc(-c2ccc(N)cc2N)ccn1. The summed E-state index contributed by atoms with van der Waals surface area (Å²) < 4.78 is 15.3. The molecular formula is C19H26N4OS. The van der Waals surface area contributed by atoms with E-state index in [0.29, 0.717) is 17.8 Å². The van der Waals surface area contributed by atoms with Gasteiger partial charge in [-0.05, 0) is 57.0 Å². The number of pyridine rings is 1. The van der Waals surface area contributed by atoms with E-state index in [9.17, 15) is 4.21 Å². The molecule has 0 saturated carbocycles. The summed E-state index contributed by atoms with van der Waals surface area (Å²) >= 11 is 0. The Morgan fingerprint density at radius 2 is 2.00 bits per heavy atom. The van der Waals surface area contributed by atoms with E-state index in [1.54, 1.807) is 18.3 Å². The van der Waals surface area contributed by atoms with Gasteiger partial charge in [0, 0.05) is 23.1 Å². The molecule has 0 aliphatic heterocycles. The molecule has 0 aliphatic carbocycles. The minimum absolute atomic E-state index is 0.187. The molecule has 1 heterocycles. The highest BCUT2D eigenvalue weighted by Gasteiger charge is 2.24. The first-order valence-electron chi connectivity index (χ1n) is 8.12. The quantitative estimate of drug-likeness (QED) is 0.543. The minimum Gasteiger partial charge on any atom is -0.399 e. The van der Waals surface area contributed by atoms with Crippen molar-refractivity contribution in [2.24, 2.45) is 0 Å². The Bertz CT molecular complexity index is 783. The summed E-state index contributed by atoms with van der Waals surface area (Å²) in [5, 5.41) is 0. The van der Waals surface area contributed by atoms with Gasteiger partial charge in [0.1, 0.15) is 0 Å². The van der Waals surface area contributed by atoms with Gasteiger partial charge in [-0.1, -0.05) is 12.1 Å². The van der Waals surface area contributed by atoms with E-state index < -0.39 is 11.0 Å². The lowest BCUT2D eigenvalue weighted by atomic mass is 10.0. The molecule has 0 amide bonds. The molecule has 0 saturated heterocycles. The van der Waals surface area contributed by atoms with Crippen LogP contribution in [0.3, 0.4) is 0 Å². The van der Waals surface area contributed by atoms with Crippen molar-refractivity contribution in [1.29, 1.82) is 0 Å². The van der Waals surface area contributed by atoms with Crippen LogP contribution in [0.5, 0.6) is 0 Å². The van der Waals surface area contributed by atoms with Crippen LogP contribution in [-0.4, -0.2) is 13.9 Å². The Balaban J connectivity index is 2.36. The lowest BCUT2D eigenvalue weighted by molar-refractivity contribution is 0.594. The van der Waals surface area contributed by atoms with Gasteiger partial charge in [0.15, 0.2) is 0 Å². The van der Waals surface area contributed by atoms with Gasteiger partial charge in [0.05, 0.1) is 27.5 Å². The van der Waals surface area contributed by atoms with E-state index in [-0.39, 0.29) is 10.8 Å². The van der Waals surface area contributed by atoms with Gasteiger partial charge in [0.2, 0.25) is 0 Å². The van der Waals surface area contributed by atoms with Crippen molar-refractivity contribution >= 4 is 22.4 Å². The Morgan fingerprint density at radius 1 is 1.28 bits per heavy atom. The lowest BCUT2D eigenvalue weighted by Crippen LogP contribution is -2.36. The molecule has 1 unspecified atom stereocenters. The average molecular weight is 359 g/mol. The number of benzene rings is 1. The molecule has 6 heteroatoms. The predicted molar refractivity (Wildman–Crippen MR) is 107 cm³/mol. The monoisotopic (exact) mass is 358 g/mol. The van der Waals surface area contributed by atoms with Crippen molar-refractivity contribution in [2.45, 2.75) is 38.0 Å². The summed E-state index contributed by atoms with van der Waals surface area (Å²) in [4.78, 5) is 4.46. The van der Waals surface area contributed by atoms with E-state index >= 15 is 0 Å². The zero-order valence-corrected chi connectivity index (χ0v) is 15.8. The van der Waals surface area contributed by atoms with Gasteiger partial charge >= 0.3 is 0 Å². The fraction of sp³-hybridized carbons (Fsp3) is 0.316. The van der Waals surface area contributed by atoms with Crippen LogP contribution in [0.15, 0.2) is 49.2 Å². The van der Waals surface area contributed by atoms with Crippen molar-refractivity contribution in [3.05, 3.63) is 54.9 Å². The van der Waals surface area contributed by atoms with Gasteiger partial charge < -0.3 is 11.5 Å². The molecule has 1 aromatic heterocycles. The van der Waals surface area contributed by atoms with Crippen LogP contribution in [0.4, 0.5) is 11.4 Å². The molecule has 134 valence electrons. The van der Waals surface area contributed by atoms with Crippen molar-refractivity contribution < 1.29 is 4.21 Å².